The Kier molecular flexibility index (Phi) is 9.95. The summed E-state index contributed by atoms with van der Waals surface area (Å²) in [5.74, 6) is 0.469. The number of carbonyl (C=O) groups is 2. The van der Waals surface area contributed by atoms with E-state index in [2.05, 4.69) is 5.32 Å². The van der Waals surface area contributed by atoms with E-state index < -0.39 is 11.6 Å². The minimum absolute atomic E-state index is 0.0800. The molecule has 0 aliphatic heterocycles. The first-order valence-electron chi connectivity index (χ1n) is 12.3. The Labute approximate surface area is 219 Å². The molecule has 0 saturated heterocycles. The smallest absolute Gasteiger partial charge is 0.243 e. The number of halogens is 1. The van der Waals surface area contributed by atoms with Crippen LogP contribution in [-0.2, 0) is 22.6 Å². The van der Waals surface area contributed by atoms with Crippen molar-refractivity contribution in [3.8, 4) is 5.75 Å². The Hall–Kier alpha value is -3.31. The highest BCUT2D eigenvalue weighted by Gasteiger charge is 2.31. The molecule has 6 heteroatoms. The van der Waals surface area contributed by atoms with Crippen molar-refractivity contribution in [3.63, 3.8) is 0 Å². The third-order valence-corrected chi connectivity index (χ3v) is 5.83. The number of rotatable bonds is 11. The van der Waals surface area contributed by atoms with Crippen molar-refractivity contribution in [2.75, 3.05) is 6.61 Å². The number of benzene rings is 3. The second-order valence-electron chi connectivity index (χ2n) is 9.86. The second-order valence-corrected chi connectivity index (χ2v) is 10.3. The molecule has 1 atom stereocenters. The number of carbonyl (C=O) groups excluding carboxylic acids is 2. The van der Waals surface area contributed by atoms with Crippen LogP contribution in [0.3, 0.4) is 0 Å². The third kappa shape index (κ3) is 9.04. The van der Waals surface area contributed by atoms with Gasteiger partial charge in [-0.1, -0.05) is 72.3 Å². The van der Waals surface area contributed by atoms with Crippen LogP contribution in [0.2, 0.25) is 5.02 Å². The largest absolute Gasteiger partial charge is 0.494 e. The van der Waals surface area contributed by atoms with Gasteiger partial charge in [-0.25, -0.2) is 0 Å². The number of hydrogen-bond donors (Lipinski definition) is 1. The van der Waals surface area contributed by atoms with Gasteiger partial charge in [-0.2, -0.15) is 0 Å². The van der Waals surface area contributed by atoms with Crippen LogP contribution in [0.1, 0.15) is 44.7 Å². The minimum Gasteiger partial charge on any atom is -0.494 e. The van der Waals surface area contributed by atoms with Gasteiger partial charge in [0.15, 0.2) is 0 Å². The van der Waals surface area contributed by atoms with Gasteiger partial charge in [-0.3, -0.25) is 9.59 Å². The molecule has 0 spiro atoms. The Bertz CT molecular complexity index is 1100. The number of nitrogens with zero attached hydrogens (tertiary/aromatic N) is 1. The Balaban J connectivity index is 1.78. The number of nitrogens with one attached hydrogen (secondary N) is 1. The summed E-state index contributed by atoms with van der Waals surface area (Å²) in [7, 11) is 0. The molecule has 1 N–H and O–H groups in total. The molecule has 3 aromatic carbocycles. The van der Waals surface area contributed by atoms with Crippen LogP contribution in [-0.4, -0.2) is 34.9 Å². The molecule has 0 aromatic heterocycles. The highest BCUT2D eigenvalue weighted by atomic mass is 35.5. The summed E-state index contributed by atoms with van der Waals surface area (Å²) in [5, 5.41) is 3.73. The normalized spacial score (nSPS) is 12.0. The van der Waals surface area contributed by atoms with Crippen LogP contribution in [0.4, 0.5) is 0 Å². The summed E-state index contributed by atoms with van der Waals surface area (Å²) in [4.78, 5) is 28.8. The number of hydrogen-bond acceptors (Lipinski definition) is 3. The lowest BCUT2D eigenvalue weighted by molar-refractivity contribution is -0.142. The van der Waals surface area contributed by atoms with E-state index in [-0.39, 0.29) is 18.2 Å². The van der Waals surface area contributed by atoms with Crippen LogP contribution < -0.4 is 10.1 Å². The molecule has 190 valence electrons. The molecule has 2 amide bonds. The molecule has 36 heavy (non-hydrogen) atoms. The first-order valence-corrected chi connectivity index (χ1v) is 12.7. The fourth-order valence-corrected chi connectivity index (χ4v) is 4.00. The van der Waals surface area contributed by atoms with Crippen molar-refractivity contribution in [1.29, 1.82) is 0 Å². The molecule has 3 aromatic rings. The molecule has 3 rings (SSSR count). The van der Waals surface area contributed by atoms with E-state index in [4.69, 9.17) is 16.3 Å². The van der Waals surface area contributed by atoms with Crippen molar-refractivity contribution in [2.45, 2.75) is 58.2 Å². The van der Waals surface area contributed by atoms with E-state index in [0.717, 1.165) is 11.1 Å². The standard InChI is InChI=1S/C30H35ClN2O3/c1-30(2,3)32-29(35)27(21-23-11-6-4-7-12-23)33(22-24-13-8-5-9-14-24)28(34)15-10-20-36-26-18-16-25(31)17-19-26/h4-9,11-14,16-19,27H,10,15,20-22H2,1-3H3,(H,32,35)/t27-/m1/s1. The molecule has 0 bridgehead atoms. The Morgan fingerprint density at radius 2 is 1.47 bits per heavy atom. The van der Waals surface area contributed by atoms with Gasteiger partial charge in [0.1, 0.15) is 11.8 Å². The van der Waals surface area contributed by atoms with E-state index in [1.807, 2.05) is 81.4 Å². The highest BCUT2D eigenvalue weighted by Crippen LogP contribution is 2.19. The maximum absolute atomic E-state index is 13.6. The molecular weight excluding hydrogens is 472 g/mol. The Morgan fingerprint density at radius 1 is 0.889 bits per heavy atom. The van der Waals surface area contributed by atoms with E-state index in [1.54, 1.807) is 29.2 Å². The van der Waals surface area contributed by atoms with Crippen LogP contribution in [0.15, 0.2) is 84.9 Å². The molecule has 5 nitrogen and oxygen atoms in total. The number of amides is 2. The lowest BCUT2D eigenvalue weighted by Gasteiger charge is -2.34. The molecule has 0 aliphatic rings. The van der Waals surface area contributed by atoms with Gasteiger partial charge in [0.2, 0.25) is 11.8 Å². The zero-order chi connectivity index (χ0) is 26.0. The van der Waals surface area contributed by atoms with Crippen LogP contribution in [0.25, 0.3) is 0 Å². The second kappa shape index (κ2) is 13.1. The fraction of sp³-hybridized carbons (Fsp3) is 0.333. The van der Waals surface area contributed by atoms with Gasteiger partial charge in [0, 0.05) is 29.9 Å². The van der Waals surface area contributed by atoms with Crippen LogP contribution in [0, 0.1) is 0 Å². The van der Waals surface area contributed by atoms with Gasteiger partial charge in [-0.05, 0) is 62.6 Å². The molecule has 0 aliphatic carbocycles. The zero-order valence-corrected chi connectivity index (χ0v) is 22.0. The van der Waals surface area contributed by atoms with Gasteiger partial charge >= 0.3 is 0 Å². The van der Waals surface area contributed by atoms with Crippen molar-refractivity contribution in [1.82, 2.24) is 10.2 Å². The van der Waals surface area contributed by atoms with Crippen molar-refractivity contribution < 1.29 is 14.3 Å². The summed E-state index contributed by atoms with van der Waals surface area (Å²) in [6.45, 7) is 6.59. The molecule has 0 saturated carbocycles. The fourth-order valence-electron chi connectivity index (χ4n) is 3.87. The van der Waals surface area contributed by atoms with Crippen molar-refractivity contribution in [2.24, 2.45) is 0 Å². The first kappa shape index (κ1) is 27.3. The van der Waals surface area contributed by atoms with Gasteiger partial charge in [0.25, 0.3) is 0 Å². The summed E-state index contributed by atoms with van der Waals surface area (Å²) in [6, 6.07) is 26.1. The van der Waals surface area contributed by atoms with E-state index >= 15 is 0 Å². The third-order valence-electron chi connectivity index (χ3n) is 5.58. The lowest BCUT2D eigenvalue weighted by atomic mass is 10.00. The summed E-state index contributed by atoms with van der Waals surface area (Å²) < 4.78 is 5.77. The quantitative estimate of drug-likeness (QED) is 0.322. The topological polar surface area (TPSA) is 58.6 Å². The molecule has 0 radical (unpaired) electrons. The zero-order valence-electron chi connectivity index (χ0n) is 21.2. The van der Waals surface area contributed by atoms with Crippen LogP contribution >= 0.6 is 11.6 Å². The lowest BCUT2D eigenvalue weighted by Crippen LogP contribution is -2.54. The van der Waals surface area contributed by atoms with E-state index in [1.165, 1.54) is 0 Å². The van der Waals surface area contributed by atoms with Gasteiger partial charge < -0.3 is 15.0 Å². The van der Waals surface area contributed by atoms with E-state index in [0.29, 0.717) is 36.8 Å². The highest BCUT2D eigenvalue weighted by molar-refractivity contribution is 6.30. The molecular formula is C30H35ClN2O3. The maximum Gasteiger partial charge on any atom is 0.243 e. The minimum atomic E-state index is -0.642. The van der Waals surface area contributed by atoms with Crippen molar-refractivity contribution in [3.05, 3.63) is 101 Å². The Morgan fingerprint density at radius 3 is 2.06 bits per heavy atom. The van der Waals surface area contributed by atoms with Crippen LogP contribution in [0.5, 0.6) is 5.75 Å². The molecule has 0 unspecified atom stereocenters. The average molecular weight is 507 g/mol. The SMILES string of the molecule is CC(C)(C)NC(=O)[C@@H](Cc1ccccc1)N(Cc1ccccc1)C(=O)CCCOc1ccc(Cl)cc1. The summed E-state index contributed by atoms with van der Waals surface area (Å²) >= 11 is 5.93. The van der Waals surface area contributed by atoms with Gasteiger partial charge in [0.05, 0.1) is 6.61 Å². The monoisotopic (exact) mass is 506 g/mol. The number of ether oxygens (including phenoxy) is 1. The maximum atomic E-state index is 13.6. The predicted molar refractivity (Wildman–Crippen MR) is 145 cm³/mol. The average Bonchev–Trinajstić information content (AvgIpc) is 2.85. The summed E-state index contributed by atoms with van der Waals surface area (Å²) in [5.41, 5.74) is 1.56. The molecule has 0 heterocycles. The van der Waals surface area contributed by atoms with Crippen molar-refractivity contribution >= 4 is 23.4 Å². The van der Waals surface area contributed by atoms with Gasteiger partial charge in [-0.15, -0.1) is 0 Å². The molecule has 0 fully saturated rings. The van der Waals surface area contributed by atoms with E-state index in [9.17, 15) is 9.59 Å². The summed E-state index contributed by atoms with van der Waals surface area (Å²) in [6.07, 6.45) is 1.24. The first-order chi connectivity index (χ1) is 17.2. The predicted octanol–water partition coefficient (Wildman–Crippen LogP) is 6.05.